The van der Waals surface area contributed by atoms with Gasteiger partial charge in [0.05, 0.1) is 27.4 Å². The van der Waals surface area contributed by atoms with Crippen LogP contribution < -0.4 is 24.8 Å². The highest BCUT2D eigenvalue weighted by molar-refractivity contribution is 5.92. The lowest BCUT2D eigenvalue weighted by Crippen LogP contribution is -2.32. The molecule has 28 heavy (non-hydrogen) atoms. The standard InChI is InChI=1S/C19H24N4O5/c1-25-15-9-12(10-16(26-2)18(15)27-3)21-17-7-6-14(22-23-17)19(24)20-11-13-5-4-8-28-13/h6-7,9-10,13H,4-5,8,11H2,1-3H3,(H,20,24)(H,21,23). The zero-order valence-electron chi connectivity index (χ0n) is 16.2. The lowest BCUT2D eigenvalue weighted by atomic mass is 10.2. The van der Waals surface area contributed by atoms with Crippen molar-refractivity contribution in [3.63, 3.8) is 0 Å². The molecular formula is C19H24N4O5. The van der Waals surface area contributed by atoms with Crippen LogP contribution in [0.2, 0.25) is 0 Å². The first-order valence-electron chi connectivity index (χ1n) is 8.95. The van der Waals surface area contributed by atoms with Gasteiger partial charge in [-0.25, -0.2) is 0 Å². The molecule has 9 nitrogen and oxygen atoms in total. The lowest BCUT2D eigenvalue weighted by molar-refractivity contribution is 0.0853. The SMILES string of the molecule is COc1cc(Nc2ccc(C(=O)NCC3CCCO3)nn2)cc(OC)c1OC. The molecule has 2 N–H and O–H groups in total. The van der Waals surface area contributed by atoms with Gasteiger partial charge in [-0.15, -0.1) is 10.2 Å². The molecule has 0 saturated carbocycles. The van der Waals surface area contributed by atoms with Crippen LogP contribution in [0.1, 0.15) is 23.3 Å². The summed E-state index contributed by atoms with van der Waals surface area (Å²) in [5.74, 6) is 1.73. The minimum absolute atomic E-state index is 0.0814. The molecule has 1 aliphatic rings. The van der Waals surface area contributed by atoms with Crippen molar-refractivity contribution in [3.05, 3.63) is 30.0 Å². The number of benzene rings is 1. The number of amides is 1. The Morgan fingerprint density at radius 3 is 2.43 bits per heavy atom. The molecule has 2 aromatic rings. The van der Waals surface area contributed by atoms with Crippen LogP contribution in [0.3, 0.4) is 0 Å². The minimum atomic E-state index is -0.276. The molecule has 1 atom stereocenters. The van der Waals surface area contributed by atoms with Gasteiger partial charge in [0.25, 0.3) is 5.91 Å². The summed E-state index contributed by atoms with van der Waals surface area (Å²) in [7, 11) is 4.64. The minimum Gasteiger partial charge on any atom is -0.493 e. The van der Waals surface area contributed by atoms with Gasteiger partial charge in [0, 0.05) is 31.0 Å². The molecule has 0 aliphatic carbocycles. The molecule has 1 aromatic carbocycles. The second-order valence-corrected chi connectivity index (χ2v) is 6.19. The molecule has 1 unspecified atom stereocenters. The molecule has 0 radical (unpaired) electrons. The topological polar surface area (TPSA) is 104 Å². The molecular weight excluding hydrogens is 364 g/mol. The van der Waals surface area contributed by atoms with E-state index in [4.69, 9.17) is 18.9 Å². The number of carbonyl (C=O) groups is 1. The number of hydrogen-bond donors (Lipinski definition) is 2. The molecule has 3 rings (SSSR count). The van der Waals surface area contributed by atoms with Gasteiger partial charge in [-0.2, -0.15) is 0 Å². The maximum Gasteiger partial charge on any atom is 0.271 e. The number of aromatic nitrogens is 2. The maximum atomic E-state index is 12.2. The van der Waals surface area contributed by atoms with E-state index in [1.54, 1.807) is 45.6 Å². The quantitative estimate of drug-likeness (QED) is 0.709. The third-order valence-electron chi connectivity index (χ3n) is 4.35. The number of nitrogens with zero attached hydrogens (tertiary/aromatic N) is 2. The van der Waals surface area contributed by atoms with Gasteiger partial charge in [-0.05, 0) is 25.0 Å². The predicted octanol–water partition coefficient (Wildman–Crippen LogP) is 2.15. The van der Waals surface area contributed by atoms with Crippen molar-refractivity contribution in [2.75, 3.05) is 39.8 Å². The zero-order chi connectivity index (χ0) is 19.9. The second kappa shape index (κ2) is 9.23. The normalized spacial score (nSPS) is 15.8. The molecule has 1 amide bonds. The van der Waals surface area contributed by atoms with Gasteiger partial charge in [0.1, 0.15) is 0 Å². The first-order chi connectivity index (χ1) is 13.6. The van der Waals surface area contributed by atoms with Gasteiger partial charge in [-0.3, -0.25) is 4.79 Å². The van der Waals surface area contributed by atoms with Gasteiger partial charge < -0.3 is 29.6 Å². The number of methoxy groups -OCH3 is 3. The van der Waals surface area contributed by atoms with Crippen LogP contribution in [-0.2, 0) is 4.74 Å². The van der Waals surface area contributed by atoms with Gasteiger partial charge >= 0.3 is 0 Å². The Bertz CT molecular complexity index is 781. The third-order valence-corrected chi connectivity index (χ3v) is 4.35. The highest BCUT2D eigenvalue weighted by Crippen LogP contribution is 2.40. The number of hydrogen-bond acceptors (Lipinski definition) is 8. The number of rotatable bonds is 8. The van der Waals surface area contributed by atoms with Crippen molar-refractivity contribution >= 4 is 17.4 Å². The molecule has 9 heteroatoms. The van der Waals surface area contributed by atoms with Gasteiger partial charge in [0.15, 0.2) is 23.0 Å². The predicted molar refractivity (Wildman–Crippen MR) is 103 cm³/mol. The van der Waals surface area contributed by atoms with Crippen LogP contribution >= 0.6 is 0 Å². The molecule has 1 aliphatic heterocycles. The van der Waals surface area contributed by atoms with E-state index in [-0.39, 0.29) is 17.7 Å². The van der Waals surface area contributed by atoms with Crippen molar-refractivity contribution in [2.24, 2.45) is 0 Å². The van der Waals surface area contributed by atoms with Crippen LogP contribution in [0.4, 0.5) is 11.5 Å². The molecule has 1 saturated heterocycles. The fraction of sp³-hybridized carbons (Fsp3) is 0.421. The second-order valence-electron chi connectivity index (χ2n) is 6.19. The summed E-state index contributed by atoms with van der Waals surface area (Å²) in [4.78, 5) is 12.2. The smallest absolute Gasteiger partial charge is 0.271 e. The van der Waals surface area contributed by atoms with E-state index in [1.165, 1.54) is 0 Å². The van der Waals surface area contributed by atoms with E-state index in [2.05, 4.69) is 20.8 Å². The summed E-state index contributed by atoms with van der Waals surface area (Å²) < 4.78 is 21.5. The fourth-order valence-electron chi connectivity index (χ4n) is 2.92. The Kier molecular flexibility index (Phi) is 6.49. The van der Waals surface area contributed by atoms with E-state index in [9.17, 15) is 4.79 Å². The van der Waals surface area contributed by atoms with Crippen molar-refractivity contribution in [1.82, 2.24) is 15.5 Å². The molecule has 1 aromatic heterocycles. The Hall–Kier alpha value is -3.07. The van der Waals surface area contributed by atoms with E-state index in [0.717, 1.165) is 19.4 Å². The van der Waals surface area contributed by atoms with Crippen LogP contribution in [0.25, 0.3) is 0 Å². The molecule has 2 heterocycles. The van der Waals surface area contributed by atoms with Crippen LogP contribution in [0.5, 0.6) is 17.2 Å². The summed E-state index contributed by atoms with van der Waals surface area (Å²) in [6, 6.07) is 6.80. The lowest BCUT2D eigenvalue weighted by Gasteiger charge is -2.14. The highest BCUT2D eigenvalue weighted by Gasteiger charge is 2.17. The zero-order valence-corrected chi connectivity index (χ0v) is 16.2. The summed E-state index contributed by atoms with van der Waals surface area (Å²) >= 11 is 0. The maximum absolute atomic E-state index is 12.2. The Morgan fingerprint density at radius 2 is 1.89 bits per heavy atom. The largest absolute Gasteiger partial charge is 0.493 e. The van der Waals surface area contributed by atoms with Gasteiger partial charge in [0.2, 0.25) is 5.75 Å². The average molecular weight is 388 g/mol. The first-order valence-corrected chi connectivity index (χ1v) is 8.95. The summed E-state index contributed by atoms with van der Waals surface area (Å²) in [5.41, 5.74) is 0.924. The highest BCUT2D eigenvalue weighted by atomic mass is 16.5. The van der Waals surface area contributed by atoms with Crippen molar-refractivity contribution in [3.8, 4) is 17.2 Å². The summed E-state index contributed by atoms with van der Waals surface area (Å²) in [6.45, 7) is 1.23. The van der Waals surface area contributed by atoms with Crippen LogP contribution in [0.15, 0.2) is 24.3 Å². The average Bonchev–Trinajstić information content (AvgIpc) is 3.25. The molecule has 0 bridgehead atoms. The Morgan fingerprint density at radius 1 is 1.14 bits per heavy atom. The molecule has 1 fully saturated rings. The summed E-state index contributed by atoms with van der Waals surface area (Å²) in [5, 5.41) is 14.0. The van der Waals surface area contributed by atoms with Crippen LogP contribution in [-0.4, -0.2) is 56.7 Å². The van der Waals surface area contributed by atoms with Crippen LogP contribution in [0, 0.1) is 0 Å². The monoisotopic (exact) mass is 388 g/mol. The van der Waals surface area contributed by atoms with E-state index >= 15 is 0 Å². The van der Waals surface area contributed by atoms with Crippen molar-refractivity contribution < 1.29 is 23.7 Å². The van der Waals surface area contributed by atoms with Crippen molar-refractivity contribution in [1.29, 1.82) is 0 Å². The third kappa shape index (κ3) is 4.61. The van der Waals surface area contributed by atoms with Crippen molar-refractivity contribution in [2.45, 2.75) is 18.9 Å². The Labute approximate surface area is 163 Å². The van der Waals surface area contributed by atoms with E-state index < -0.39 is 0 Å². The van der Waals surface area contributed by atoms with E-state index in [0.29, 0.717) is 35.3 Å². The first kappa shape index (κ1) is 19.7. The molecule has 150 valence electrons. The number of ether oxygens (including phenoxy) is 4. The fourth-order valence-corrected chi connectivity index (χ4v) is 2.92. The van der Waals surface area contributed by atoms with Gasteiger partial charge in [-0.1, -0.05) is 0 Å². The number of nitrogens with one attached hydrogen (secondary N) is 2. The Balaban J connectivity index is 1.66. The number of anilines is 2. The summed E-state index contributed by atoms with van der Waals surface area (Å²) in [6.07, 6.45) is 2.07. The van der Waals surface area contributed by atoms with E-state index in [1.807, 2.05) is 0 Å². The molecule has 0 spiro atoms. The number of carbonyl (C=O) groups excluding carboxylic acids is 1.